The molecule has 0 atom stereocenters. The number of aromatic nitrogens is 2. The molecule has 26 heavy (non-hydrogen) atoms. The molecule has 0 saturated carbocycles. The van der Waals surface area contributed by atoms with E-state index in [2.05, 4.69) is 27.6 Å². The largest absolute Gasteiger partial charge is 0.490 e. The monoisotopic (exact) mass is 357 g/mol. The highest BCUT2D eigenvalue weighted by Gasteiger charge is 2.11. The van der Waals surface area contributed by atoms with Crippen molar-refractivity contribution in [2.75, 3.05) is 31.6 Å². The number of nitrogens with zero attached hydrogens (tertiary/aromatic N) is 3. The second-order valence-electron chi connectivity index (χ2n) is 6.22. The van der Waals surface area contributed by atoms with Crippen molar-refractivity contribution >= 4 is 11.6 Å². The molecule has 0 bridgehead atoms. The predicted octanol–water partition coefficient (Wildman–Crippen LogP) is 2.59. The van der Waals surface area contributed by atoms with Crippen LogP contribution in [0.5, 0.6) is 11.5 Å². The Morgan fingerprint density at radius 1 is 1.27 bits per heavy atom. The van der Waals surface area contributed by atoms with Crippen LogP contribution in [0.25, 0.3) is 0 Å². The fraction of sp³-hybridized carbons (Fsp3) is 0.474. The Balaban J connectivity index is 1.57. The van der Waals surface area contributed by atoms with Crippen LogP contribution in [-0.2, 0) is 13.5 Å². The molecule has 0 radical (unpaired) electrons. The van der Waals surface area contributed by atoms with Crippen molar-refractivity contribution in [3.05, 3.63) is 36.2 Å². The van der Waals surface area contributed by atoms with Gasteiger partial charge in [0.05, 0.1) is 19.4 Å². The van der Waals surface area contributed by atoms with Gasteiger partial charge in [-0.05, 0) is 37.5 Å². The maximum atomic E-state index is 5.75. The Morgan fingerprint density at radius 2 is 2.12 bits per heavy atom. The summed E-state index contributed by atoms with van der Waals surface area (Å²) in [5.74, 6) is 2.35. The standard InChI is InChI=1S/C19H27N5O2/c1-3-20-19(21-9-4-6-15-13-22-24(2)14-15)23-16-7-8-17-18(12-16)26-11-5-10-25-17/h7-8,12-14H,3-6,9-11H2,1-2H3,(H2,20,21,23). The lowest BCUT2D eigenvalue weighted by Crippen LogP contribution is -2.30. The van der Waals surface area contributed by atoms with E-state index in [1.165, 1.54) is 5.56 Å². The molecule has 0 saturated heterocycles. The zero-order chi connectivity index (χ0) is 18.2. The number of aliphatic imine (C=N–C) groups is 1. The van der Waals surface area contributed by atoms with Crippen LogP contribution in [0.1, 0.15) is 25.3 Å². The number of nitrogens with one attached hydrogen (secondary N) is 2. The first-order valence-corrected chi connectivity index (χ1v) is 9.17. The number of ether oxygens (including phenoxy) is 2. The van der Waals surface area contributed by atoms with Gasteiger partial charge in [0.25, 0.3) is 0 Å². The summed E-state index contributed by atoms with van der Waals surface area (Å²) in [6, 6.07) is 5.88. The minimum atomic E-state index is 0.680. The quantitative estimate of drug-likeness (QED) is 0.472. The van der Waals surface area contributed by atoms with Gasteiger partial charge in [-0.2, -0.15) is 5.10 Å². The number of guanidine groups is 1. The molecule has 2 heterocycles. The van der Waals surface area contributed by atoms with Gasteiger partial charge < -0.3 is 20.1 Å². The average Bonchev–Trinajstić information content (AvgIpc) is 2.90. The van der Waals surface area contributed by atoms with E-state index in [0.717, 1.165) is 55.5 Å². The summed E-state index contributed by atoms with van der Waals surface area (Å²) in [4.78, 5) is 4.66. The molecule has 2 aromatic rings. The molecule has 140 valence electrons. The molecule has 0 fully saturated rings. The SMILES string of the molecule is CCNC(=NCCCc1cnn(C)c1)Nc1ccc2c(c1)OCCCO2. The summed E-state index contributed by atoms with van der Waals surface area (Å²) in [5.41, 5.74) is 2.17. The minimum absolute atomic E-state index is 0.680. The highest BCUT2D eigenvalue weighted by Crippen LogP contribution is 2.32. The Labute approximate surface area is 154 Å². The Hall–Kier alpha value is -2.70. The van der Waals surface area contributed by atoms with Gasteiger partial charge >= 0.3 is 0 Å². The van der Waals surface area contributed by atoms with Crippen LogP contribution in [0.2, 0.25) is 0 Å². The fourth-order valence-corrected chi connectivity index (χ4v) is 2.76. The molecule has 0 unspecified atom stereocenters. The number of rotatable bonds is 6. The zero-order valence-electron chi connectivity index (χ0n) is 15.5. The van der Waals surface area contributed by atoms with Gasteiger partial charge in [0.1, 0.15) is 0 Å². The van der Waals surface area contributed by atoms with E-state index >= 15 is 0 Å². The summed E-state index contributed by atoms with van der Waals surface area (Å²) in [6.45, 7) is 4.98. The lowest BCUT2D eigenvalue weighted by Gasteiger charge is -2.13. The summed E-state index contributed by atoms with van der Waals surface area (Å²) in [5, 5.41) is 10.8. The molecular weight excluding hydrogens is 330 g/mol. The summed E-state index contributed by atoms with van der Waals surface area (Å²) >= 11 is 0. The van der Waals surface area contributed by atoms with Crippen molar-refractivity contribution in [1.82, 2.24) is 15.1 Å². The lowest BCUT2D eigenvalue weighted by atomic mass is 10.2. The highest BCUT2D eigenvalue weighted by atomic mass is 16.5. The minimum Gasteiger partial charge on any atom is -0.490 e. The Bertz CT molecular complexity index is 741. The first kappa shape index (κ1) is 18.1. The van der Waals surface area contributed by atoms with E-state index in [0.29, 0.717) is 13.2 Å². The van der Waals surface area contributed by atoms with E-state index in [4.69, 9.17) is 9.47 Å². The van der Waals surface area contributed by atoms with Crippen LogP contribution in [0.3, 0.4) is 0 Å². The van der Waals surface area contributed by atoms with Gasteiger partial charge in [0.2, 0.25) is 0 Å². The van der Waals surface area contributed by atoms with Crippen molar-refractivity contribution in [2.45, 2.75) is 26.2 Å². The van der Waals surface area contributed by atoms with E-state index in [1.807, 2.05) is 42.3 Å². The van der Waals surface area contributed by atoms with Crippen LogP contribution >= 0.6 is 0 Å². The molecule has 1 aromatic carbocycles. The number of hydrogen-bond acceptors (Lipinski definition) is 4. The number of aryl methyl sites for hydroxylation is 2. The van der Waals surface area contributed by atoms with Crippen molar-refractivity contribution in [1.29, 1.82) is 0 Å². The maximum Gasteiger partial charge on any atom is 0.195 e. The van der Waals surface area contributed by atoms with Gasteiger partial charge in [-0.25, -0.2) is 0 Å². The highest BCUT2D eigenvalue weighted by molar-refractivity contribution is 5.93. The smallest absolute Gasteiger partial charge is 0.195 e. The third-order valence-electron chi connectivity index (χ3n) is 4.01. The Kier molecular flexibility index (Phi) is 6.35. The third kappa shape index (κ3) is 5.15. The number of hydrogen-bond donors (Lipinski definition) is 2. The zero-order valence-corrected chi connectivity index (χ0v) is 15.5. The number of fused-ring (bicyclic) bond motifs is 1. The number of benzene rings is 1. The molecular formula is C19H27N5O2. The van der Waals surface area contributed by atoms with Crippen molar-refractivity contribution in [2.24, 2.45) is 12.0 Å². The Morgan fingerprint density at radius 3 is 2.88 bits per heavy atom. The number of anilines is 1. The first-order valence-electron chi connectivity index (χ1n) is 9.17. The van der Waals surface area contributed by atoms with Gasteiger partial charge in [-0.3, -0.25) is 9.67 Å². The van der Waals surface area contributed by atoms with Crippen LogP contribution in [-0.4, -0.2) is 42.0 Å². The molecule has 7 nitrogen and oxygen atoms in total. The van der Waals surface area contributed by atoms with E-state index < -0.39 is 0 Å². The second kappa shape index (κ2) is 9.12. The lowest BCUT2D eigenvalue weighted by molar-refractivity contribution is 0.297. The summed E-state index contributed by atoms with van der Waals surface area (Å²) < 4.78 is 13.2. The van der Waals surface area contributed by atoms with Crippen LogP contribution < -0.4 is 20.1 Å². The molecule has 0 spiro atoms. The van der Waals surface area contributed by atoms with E-state index in [1.54, 1.807) is 0 Å². The van der Waals surface area contributed by atoms with Crippen LogP contribution in [0.15, 0.2) is 35.6 Å². The van der Waals surface area contributed by atoms with Crippen LogP contribution in [0, 0.1) is 0 Å². The van der Waals surface area contributed by atoms with E-state index in [-0.39, 0.29) is 0 Å². The molecule has 7 heteroatoms. The molecule has 1 aliphatic rings. The first-order chi connectivity index (χ1) is 12.7. The normalized spacial score (nSPS) is 14.0. The van der Waals surface area contributed by atoms with Gasteiger partial charge in [-0.15, -0.1) is 0 Å². The topological polar surface area (TPSA) is 72.7 Å². The van der Waals surface area contributed by atoms with Gasteiger partial charge in [-0.1, -0.05) is 0 Å². The van der Waals surface area contributed by atoms with Crippen molar-refractivity contribution in [3.8, 4) is 11.5 Å². The molecule has 1 aliphatic heterocycles. The predicted molar refractivity (Wildman–Crippen MR) is 103 cm³/mol. The maximum absolute atomic E-state index is 5.75. The fourth-order valence-electron chi connectivity index (χ4n) is 2.76. The molecule has 0 amide bonds. The van der Waals surface area contributed by atoms with Crippen LogP contribution in [0.4, 0.5) is 5.69 Å². The summed E-state index contributed by atoms with van der Waals surface area (Å²) in [6.07, 6.45) is 6.80. The summed E-state index contributed by atoms with van der Waals surface area (Å²) in [7, 11) is 1.93. The molecule has 0 aliphatic carbocycles. The molecule has 1 aromatic heterocycles. The average molecular weight is 357 g/mol. The van der Waals surface area contributed by atoms with E-state index in [9.17, 15) is 0 Å². The molecule has 2 N–H and O–H groups in total. The molecule has 3 rings (SSSR count). The van der Waals surface area contributed by atoms with Gasteiger partial charge in [0.15, 0.2) is 17.5 Å². The van der Waals surface area contributed by atoms with Gasteiger partial charge in [0, 0.05) is 44.5 Å². The van der Waals surface area contributed by atoms with Crippen molar-refractivity contribution < 1.29 is 9.47 Å². The van der Waals surface area contributed by atoms with Crippen molar-refractivity contribution in [3.63, 3.8) is 0 Å². The second-order valence-corrected chi connectivity index (χ2v) is 6.22. The third-order valence-corrected chi connectivity index (χ3v) is 4.01.